The molecule has 2 heterocycles. The third-order valence-corrected chi connectivity index (χ3v) is 4.13. The van der Waals surface area contributed by atoms with Crippen molar-refractivity contribution in [3.8, 4) is 5.75 Å². The minimum atomic E-state index is -0.0190. The molecule has 5 nitrogen and oxygen atoms in total. The van der Waals surface area contributed by atoms with Crippen molar-refractivity contribution in [2.45, 2.75) is 52.6 Å². The topological polar surface area (TPSA) is 40.6 Å². The van der Waals surface area contributed by atoms with Crippen LogP contribution in [0.1, 0.15) is 41.5 Å². The first-order chi connectivity index (χ1) is 10.6. The summed E-state index contributed by atoms with van der Waals surface area (Å²) in [6.45, 7) is 17.3. The second-order valence-corrected chi connectivity index (χ2v) is 8.26. The number of hydrogen-bond acceptors (Lipinski definition) is 5. The number of anilines is 2. The van der Waals surface area contributed by atoms with E-state index in [0.29, 0.717) is 0 Å². The largest absolute Gasteiger partial charge is 0.494 e. The fraction of sp³-hybridized carbons (Fsp3) is 0.722. The summed E-state index contributed by atoms with van der Waals surface area (Å²) in [7, 11) is 1.71. The van der Waals surface area contributed by atoms with Gasteiger partial charge in [-0.05, 0) is 41.5 Å². The van der Waals surface area contributed by atoms with Crippen LogP contribution in [0.5, 0.6) is 5.75 Å². The van der Waals surface area contributed by atoms with Crippen LogP contribution in [0.2, 0.25) is 0 Å². The molecule has 0 aromatic carbocycles. The van der Waals surface area contributed by atoms with Crippen molar-refractivity contribution in [1.29, 1.82) is 0 Å². The van der Waals surface area contributed by atoms with Crippen LogP contribution in [0.25, 0.3) is 0 Å². The van der Waals surface area contributed by atoms with Crippen molar-refractivity contribution in [2.75, 3.05) is 43.5 Å². The predicted molar refractivity (Wildman–Crippen MR) is 97.7 cm³/mol. The van der Waals surface area contributed by atoms with Crippen molar-refractivity contribution in [3.63, 3.8) is 0 Å². The molecular weight excluding hydrogens is 288 g/mol. The third kappa shape index (κ3) is 4.74. The minimum Gasteiger partial charge on any atom is -0.494 e. The molecule has 1 aliphatic heterocycles. The van der Waals surface area contributed by atoms with Gasteiger partial charge >= 0.3 is 0 Å². The summed E-state index contributed by atoms with van der Waals surface area (Å²) >= 11 is 0. The molecule has 23 heavy (non-hydrogen) atoms. The Morgan fingerprint density at radius 1 is 1.04 bits per heavy atom. The highest BCUT2D eigenvalue weighted by molar-refractivity contribution is 5.61. The summed E-state index contributed by atoms with van der Waals surface area (Å²) in [5, 5.41) is 3.44. The van der Waals surface area contributed by atoms with Gasteiger partial charge in [-0.15, -0.1) is 0 Å². The lowest BCUT2D eigenvalue weighted by Crippen LogP contribution is -2.53. The molecule has 1 aromatic heterocycles. The SMILES string of the molecule is COc1cc(N2CCN(C(C)(C)C)CC2)ncc1NC(C)(C)C. The maximum atomic E-state index is 5.56. The lowest BCUT2D eigenvalue weighted by molar-refractivity contribution is 0.128. The first-order valence-corrected chi connectivity index (χ1v) is 8.42. The van der Waals surface area contributed by atoms with Crippen LogP contribution in [0.4, 0.5) is 11.5 Å². The number of nitrogens with one attached hydrogen (secondary N) is 1. The Labute approximate surface area is 141 Å². The Bertz CT molecular complexity index is 523. The molecule has 1 fully saturated rings. The van der Waals surface area contributed by atoms with E-state index in [4.69, 9.17) is 4.74 Å². The molecule has 0 saturated carbocycles. The molecule has 1 N–H and O–H groups in total. The number of hydrogen-bond donors (Lipinski definition) is 1. The zero-order valence-electron chi connectivity index (χ0n) is 15.7. The molecule has 0 spiro atoms. The van der Waals surface area contributed by atoms with Gasteiger partial charge in [-0.3, -0.25) is 4.90 Å². The molecule has 1 aromatic rings. The van der Waals surface area contributed by atoms with Crippen LogP contribution >= 0.6 is 0 Å². The van der Waals surface area contributed by atoms with Crippen LogP contribution in [-0.4, -0.2) is 54.3 Å². The number of rotatable bonds is 3. The van der Waals surface area contributed by atoms with Crippen molar-refractivity contribution < 1.29 is 4.74 Å². The quantitative estimate of drug-likeness (QED) is 0.926. The molecule has 0 atom stereocenters. The molecule has 2 rings (SSSR count). The highest BCUT2D eigenvalue weighted by Crippen LogP contribution is 2.30. The van der Waals surface area contributed by atoms with Crippen LogP contribution < -0.4 is 15.0 Å². The molecule has 0 unspecified atom stereocenters. The van der Waals surface area contributed by atoms with Crippen LogP contribution in [0.3, 0.4) is 0 Å². The van der Waals surface area contributed by atoms with E-state index in [1.54, 1.807) is 7.11 Å². The van der Waals surface area contributed by atoms with Gasteiger partial charge in [-0.2, -0.15) is 0 Å². The van der Waals surface area contributed by atoms with E-state index in [0.717, 1.165) is 43.4 Å². The fourth-order valence-corrected chi connectivity index (χ4v) is 2.87. The summed E-state index contributed by atoms with van der Waals surface area (Å²) in [6, 6.07) is 2.04. The summed E-state index contributed by atoms with van der Waals surface area (Å²) in [5.41, 5.74) is 1.16. The minimum absolute atomic E-state index is 0.0190. The summed E-state index contributed by atoms with van der Waals surface area (Å²) in [5.74, 6) is 1.85. The summed E-state index contributed by atoms with van der Waals surface area (Å²) < 4.78 is 5.56. The Kier molecular flexibility index (Phi) is 5.09. The number of piperazine rings is 1. The lowest BCUT2D eigenvalue weighted by atomic mass is 10.0. The van der Waals surface area contributed by atoms with E-state index in [1.807, 2.05) is 12.3 Å². The summed E-state index contributed by atoms with van der Waals surface area (Å²) in [4.78, 5) is 9.51. The number of nitrogens with zero attached hydrogens (tertiary/aromatic N) is 3. The number of methoxy groups -OCH3 is 1. The van der Waals surface area contributed by atoms with Gasteiger partial charge in [0.25, 0.3) is 0 Å². The monoisotopic (exact) mass is 320 g/mol. The molecule has 0 radical (unpaired) electrons. The standard InChI is InChI=1S/C18H32N4O/c1-17(2,3)20-14-13-19-16(12-15(14)23-7)21-8-10-22(11-9-21)18(4,5)6/h12-13,20H,8-11H2,1-7H3. The second-order valence-electron chi connectivity index (χ2n) is 8.26. The van der Waals surface area contributed by atoms with Crippen molar-refractivity contribution in [1.82, 2.24) is 9.88 Å². The summed E-state index contributed by atoms with van der Waals surface area (Å²) in [6.07, 6.45) is 1.88. The van der Waals surface area contributed by atoms with Crippen LogP contribution in [0.15, 0.2) is 12.3 Å². The first kappa shape index (κ1) is 17.9. The smallest absolute Gasteiger partial charge is 0.147 e. The Hall–Kier alpha value is -1.49. The highest BCUT2D eigenvalue weighted by atomic mass is 16.5. The van der Waals surface area contributed by atoms with Crippen LogP contribution in [0, 0.1) is 0 Å². The number of aromatic nitrogens is 1. The van der Waals surface area contributed by atoms with Crippen molar-refractivity contribution in [2.24, 2.45) is 0 Å². The molecule has 0 bridgehead atoms. The van der Waals surface area contributed by atoms with E-state index in [1.165, 1.54) is 0 Å². The van der Waals surface area contributed by atoms with E-state index < -0.39 is 0 Å². The number of ether oxygens (including phenoxy) is 1. The average molecular weight is 320 g/mol. The van der Waals surface area contributed by atoms with E-state index in [2.05, 4.69) is 61.6 Å². The molecule has 130 valence electrons. The van der Waals surface area contributed by atoms with Gasteiger partial charge in [0.1, 0.15) is 11.6 Å². The van der Waals surface area contributed by atoms with Gasteiger partial charge < -0.3 is 15.0 Å². The lowest BCUT2D eigenvalue weighted by Gasteiger charge is -2.42. The Morgan fingerprint density at radius 3 is 2.13 bits per heavy atom. The highest BCUT2D eigenvalue weighted by Gasteiger charge is 2.26. The fourth-order valence-electron chi connectivity index (χ4n) is 2.87. The van der Waals surface area contributed by atoms with Gasteiger partial charge in [-0.25, -0.2) is 4.98 Å². The molecule has 1 aliphatic rings. The Morgan fingerprint density at radius 2 is 1.65 bits per heavy atom. The zero-order valence-corrected chi connectivity index (χ0v) is 15.7. The third-order valence-electron chi connectivity index (χ3n) is 4.13. The van der Waals surface area contributed by atoms with Gasteiger partial charge in [0.2, 0.25) is 0 Å². The van der Waals surface area contributed by atoms with Crippen molar-refractivity contribution in [3.05, 3.63) is 12.3 Å². The van der Waals surface area contributed by atoms with Gasteiger partial charge in [0, 0.05) is 43.3 Å². The van der Waals surface area contributed by atoms with Crippen molar-refractivity contribution >= 4 is 11.5 Å². The Balaban J connectivity index is 2.10. The maximum Gasteiger partial charge on any atom is 0.147 e. The predicted octanol–water partition coefficient (Wildman–Crippen LogP) is 3.22. The molecule has 0 amide bonds. The molecule has 1 saturated heterocycles. The van der Waals surface area contributed by atoms with E-state index in [9.17, 15) is 0 Å². The molecule has 5 heteroatoms. The number of pyridine rings is 1. The maximum absolute atomic E-state index is 5.56. The molecular formula is C18H32N4O. The first-order valence-electron chi connectivity index (χ1n) is 8.42. The van der Waals surface area contributed by atoms with Gasteiger partial charge in [0.15, 0.2) is 0 Å². The second kappa shape index (κ2) is 6.56. The van der Waals surface area contributed by atoms with Crippen LogP contribution in [-0.2, 0) is 0 Å². The molecule has 0 aliphatic carbocycles. The zero-order chi connectivity index (χ0) is 17.3. The normalized spacial score (nSPS) is 17.3. The van der Waals surface area contributed by atoms with Gasteiger partial charge in [0.05, 0.1) is 19.0 Å². The van der Waals surface area contributed by atoms with E-state index in [-0.39, 0.29) is 11.1 Å². The average Bonchev–Trinajstić information content (AvgIpc) is 2.45. The van der Waals surface area contributed by atoms with Gasteiger partial charge in [-0.1, -0.05) is 0 Å². The van der Waals surface area contributed by atoms with E-state index >= 15 is 0 Å².